The van der Waals surface area contributed by atoms with Crippen molar-refractivity contribution in [3.8, 4) is 5.75 Å². The van der Waals surface area contributed by atoms with Crippen LogP contribution in [0.15, 0.2) is 71.3 Å². The Balaban J connectivity index is 1.43. The Morgan fingerprint density at radius 2 is 1.85 bits per heavy atom. The molecule has 4 aromatic rings. The van der Waals surface area contributed by atoms with Crippen LogP contribution in [0.4, 0.5) is 0 Å². The van der Waals surface area contributed by atoms with Crippen LogP contribution in [0.5, 0.6) is 5.75 Å². The van der Waals surface area contributed by atoms with Crippen LogP contribution in [-0.4, -0.2) is 19.6 Å². The molecule has 0 radical (unpaired) electrons. The third-order valence-corrected chi connectivity index (χ3v) is 4.79. The van der Waals surface area contributed by atoms with Crippen molar-refractivity contribution in [3.05, 3.63) is 78.1 Å². The third-order valence-electron chi connectivity index (χ3n) is 4.79. The molecular weight excluding hydrogens is 338 g/mol. The maximum absolute atomic E-state index is 12.4. The second-order valence-electron chi connectivity index (χ2n) is 6.55. The zero-order valence-corrected chi connectivity index (χ0v) is 15.2. The van der Waals surface area contributed by atoms with Gasteiger partial charge in [-0.2, -0.15) is 0 Å². The van der Waals surface area contributed by atoms with Gasteiger partial charge in [0.2, 0.25) is 5.91 Å². The van der Waals surface area contributed by atoms with Crippen LogP contribution in [0.2, 0.25) is 0 Å². The Morgan fingerprint density at radius 3 is 2.67 bits per heavy atom. The summed E-state index contributed by atoms with van der Waals surface area (Å²) in [6.45, 7) is 0.599. The maximum Gasteiger partial charge on any atom is 0.224 e. The predicted octanol–water partition coefficient (Wildman–Crippen LogP) is 4.50. The summed E-state index contributed by atoms with van der Waals surface area (Å²) < 4.78 is 10.8. The zero-order valence-electron chi connectivity index (χ0n) is 15.2. The highest BCUT2D eigenvalue weighted by Crippen LogP contribution is 2.30. The molecule has 0 saturated heterocycles. The Morgan fingerprint density at radius 1 is 1.04 bits per heavy atom. The maximum atomic E-state index is 12.4. The van der Waals surface area contributed by atoms with Gasteiger partial charge in [0, 0.05) is 17.5 Å². The molecule has 4 nitrogen and oxygen atoms in total. The first kappa shape index (κ1) is 17.2. The number of furan rings is 1. The molecule has 1 aromatic heterocycles. The van der Waals surface area contributed by atoms with Crippen molar-refractivity contribution in [1.82, 2.24) is 5.32 Å². The average Bonchev–Trinajstić information content (AvgIpc) is 3.12. The van der Waals surface area contributed by atoms with Gasteiger partial charge in [-0.1, -0.05) is 42.5 Å². The highest BCUT2D eigenvalue weighted by molar-refractivity contribution is 6.08. The number of nitrogens with one attached hydrogen (secondary N) is 1. The number of hydrogen-bond donors (Lipinski definition) is 1. The molecule has 4 heteroatoms. The number of rotatable bonds is 6. The Kier molecular flexibility index (Phi) is 4.79. The van der Waals surface area contributed by atoms with Crippen molar-refractivity contribution in [2.24, 2.45) is 0 Å². The summed E-state index contributed by atoms with van der Waals surface area (Å²) >= 11 is 0. The summed E-state index contributed by atoms with van der Waals surface area (Å²) in [6, 6.07) is 20.1. The molecule has 0 aliphatic heterocycles. The average molecular weight is 359 g/mol. The lowest BCUT2D eigenvalue weighted by Gasteiger charge is -2.06. The number of carbonyl (C=O) groups excluding carboxylic acids is 1. The fourth-order valence-corrected chi connectivity index (χ4v) is 3.38. The summed E-state index contributed by atoms with van der Waals surface area (Å²) in [7, 11) is 1.65. The molecule has 0 aliphatic carbocycles. The highest BCUT2D eigenvalue weighted by atomic mass is 16.5. The van der Waals surface area contributed by atoms with Gasteiger partial charge in [0.15, 0.2) is 0 Å². The van der Waals surface area contributed by atoms with Gasteiger partial charge in [-0.05, 0) is 41.0 Å². The van der Waals surface area contributed by atoms with Crippen LogP contribution in [0.1, 0.15) is 11.1 Å². The van der Waals surface area contributed by atoms with E-state index in [1.54, 1.807) is 13.4 Å². The smallest absolute Gasteiger partial charge is 0.224 e. The largest absolute Gasteiger partial charge is 0.497 e. The number of carbonyl (C=O) groups is 1. The lowest BCUT2D eigenvalue weighted by Crippen LogP contribution is -2.27. The van der Waals surface area contributed by atoms with Gasteiger partial charge in [0.25, 0.3) is 0 Å². The van der Waals surface area contributed by atoms with Gasteiger partial charge in [-0.3, -0.25) is 4.79 Å². The molecule has 1 heterocycles. The Bertz CT molecular complexity index is 1080. The summed E-state index contributed by atoms with van der Waals surface area (Å²) in [6.07, 6.45) is 2.79. The number of amides is 1. The molecule has 27 heavy (non-hydrogen) atoms. The van der Waals surface area contributed by atoms with E-state index in [4.69, 9.17) is 9.15 Å². The molecular formula is C23H21NO3. The monoisotopic (exact) mass is 359 g/mol. The molecule has 0 saturated carbocycles. The van der Waals surface area contributed by atoms with Crippen LogP contribution in [-0.2, 0) is 17.6 Å². The van der Waals surface area contributed by atoms with Crippen LogP contribution in [0.25, 0.3) is 21.7 Å². The zero-order chi connectivity index (χ0) is 18.6. The van der Waals surface area contributed by atoms with E-state index < -0.39 is 0 Å². The molecule has 1 amide bonds. The second kappa shape index (κ2) is 7.54. The summed E-state index contributed by atoms with van der Waals surface area (Å²) in [5.74, 6) is 0.834. The van der Waals surface area contributed by atoms with E-state index in [9.17, 15) is 4.79 Å². The van der Waals surface area contributed by atoms with Crippen molar-refractivity contribution in [1.29, 1.82) is 0 Å². The van der Waals surface area contributed by atoms with Crippen LogP contribution >= 0.6 is 0 Å². The first-order valence-corrected chi connectivity index (χ1v) is 9.02. The fraction of sp³-hybridized carbons (Fsp3) is 0.174. The van der Waals surface area contributed by atoms with Gasteiger partial charge in [0.1, 0.15) is 11.3 Å². The van der Waals surface area contributed by atoms with Crippen LogP contribution in [0.3, 0.4) is 0 Å². The van der Waals surface area contributed by atoms with Crippen molar-refractivity contribution in [2.75, 3.05) is 13.7 Å². The quantitative estimate of drug-likeness (QED) is 0.552. The van der Waals surface area contributed by atoms with Crippen molar-refractivity contribution >= 4 is 27.6 Å². The molecule has 4 rings (SSSR count). The topological polar surface area (TPSA) is 51.5 Å². The van der Waals surface area contributed by atoms with Gasteiger partial charge < -0.3 is 14.5 Å². The minimum absolute atomic E-state index is 0.000791. The molecule has 136 valence electrons. The molecule has 0 unspecified atom stereocenters. The standard InChI is InChI=1S/C23H21NO3/c1-26-19-9-6-16(7-10-19)12-13-24-22(25)14-18-15-27-21-11-8-17-4-2-3-5-20(17)23(18)21/h2-11,15H,12-14H2,1H3,(H,24,25). The number of fused-ring (bicyclic) bond motifs is 3. The van der Waals surface area contributed by atoms with Crippen LogP contribution in [0, 0.1) is 0 Å². The van der Waals surface area contributed by atoms with Crippen molar-refractivity contribution < 1.29 is 13.9 Å². The number of hydrogen-bond acceptors (Lipinski definition) is 3. The van der Waals surface area contributed by atoms with Gasteiger partial charge in [-0.15, -0.1) is 0 Å². The predicted molar refractivity (Wildman–Crippen MR) is 107 cm³/mol. The SMILES string of the molecule is COc1ccc(CCNC(=O)Cc2coc3ccc4ccccc4c23)cc1. The summed E-state index contributed by atoms with van der Waals surface area (Å²) in [5.41, 5.74) is 2.90. The molecule has 0 aliphatic rings. The van der Waals surface area contributed by atoms with Gasteiger partial charge in [0.05, 0.1) is 19.8 Å². The molecule has 3 aromatic carbocycles. The number of methoxy groups -OCH3 is 1. The second-order valence-corrected chi connectivity index (χ2v) is 6.55. The molecule has 0 atom stereocenters. The van der Waals surface area contributed by atoms with Crippen molar-refractivity contribution in [3.63, 3.8) is 0 Å². The van der Waals surface area contributed by atoms with E-state index in [-0.39, 0.29) is 5.91 Å². The van der Waals surface area contributed by atoms with E-state index in [0.717, 1.165) is 45.0 Å². The van der Waals surface area contributed by atoms with Gasteiger partial charge in [-0.25, -0.2) is 0 Å². The minimum atomic E-state index is -0.000791. The van der Waals surface area contributed by atoms with E-state index in [1.165, 1.54) is 0 Å². The molecule has 0 bridgehead atoms. The lowest BCUT2D eigenvalue weighted by atomic mass is 10.0. The first-order valence-electron chi connectivity index (χ1n) is 9.02. The Hall–Kier alpha value is -3.27. The number of benzene rings is 3. The molecule has 0 spiro atoms. The van der Waals surface area contributed by atoms with Gasteiger partial charge >= 0.3 is 0 Å². The first-order chi connectivity index (χ1) is 13.2. The summed E-state index contributed by atoms with van der Waals surface area (Å²) in [4.78, 5) is 12.4. The lowest BCUT2D eigenvalue weighted by molar-refractivity contribution is -0.120. The van der Waals surface area contributed by atoms with E-state index in [1.807, 2.05) is 48.5 Å². The fourth-order valence-electron chi connectivity index (χ4n) is 3.38. The van der Waals surface area contributed by atoms with E-state index >= 15 is 0 Å². The van der Waals surface area contributed by atoms with Crippen molar-refractivity contribution in [2.45, 2.75) is 12.8 Å². The minimum Gasteiger partial charge on any atom is -0.497 e. The normalized spacial score (nSPS) is 11.0. The van der Waals surface area contributed by atoms with E-state index in [0.29, 0.717) is 13.0 Å². The molecule has 1 N–H and O–H groups in total. The Labute approximate surface area is 157 Å². The van der Waals surface area contributed by atoms with Crippen LogP contribution < -0.4 is 10.1 Å². The van der Waals surface area contributed by atoms with E-state index in [2.05, 4.69) is 17.4 Å². The molecule has 0 fully saturated rings. The number of ether oxygens (including phenoxy) is 1. The third kappa shape index (κ3) is 3.65. The highest BCUT2D eigenvalue weighted by Gasteiger charge is 2.13. The summed E-state index contributed by atoms with van der Waals surface area (Å²) in [5, 5.41) is 6.29.